The van der Waals surface area contributed by atoms with Gasteiger partial charge in [0.15, 0.2) is 0 Å². The number of aromatic nitrogens is 1. The van der Waals surface area contributed by atoms with Gasteiger partial charge in [0.1, 0.15) is 11.1 Å². The predicted octanol–water partition coefficient (Wildman–Crippen LogP) is 3.44. The highest BCUT2D eigenvalue weighted by Gasteiger charge is 2.32. The van der Waals surface area contributed by atoms with Crippen molar-refractivity contribution in [2.24, 2.45) is 0 Å². The predicted molar refractivity (Wildman–Crippen MR) is 72.5 cm³/mol. The Kier molecular flexibility index (Phi) is 3.64. The van der Waals surface area contributed by atoms with E-state index in [-0.39, 0.29) is 6.10 Å². The summed E-state index contributed by atoms with van der Waals surface area (Å²) in [6, 6.07) is 2.84. The molecular weight excluding hydrogens is 271 g/mol. The first-order valence-electron chi connectivity index (χ1n) is 6.45. The van der Waals surface area contributed by atoms with Crippen molar-refractivity contribution >= 4 is 23.2 Å². The van der Waals surface area contributed by atoms with Gasteiger partial charge in [0.25, 0.3) is 0 Å². The van der Waals surface area contributed by atoms with Crippen molar-refractivity contribution in [3.63, 3.8) is 0 Å². The molecule has 2 aliphatic rings. The van der Waals surface area contributed by atoms with Gasteiger partial charge in [0.2, 0.25) is 5.88 Å². The number of ether oxygens (including phenoxy) is 1. The number of halogens is 2. The van der Waals surface area contributed by atoms with E-state index in [1.165, 1.54) is 19.3 Å². The Balaban J connectivity index is 1.71. The molecule has 3 nitrogen and oxygen atoms in total. The van der Waals surface area contributed by atoms with E-state index in [0.717, 1.165) is 12.8 Å². The maximum absolute atomic E-state index is 6.10. The second-order valence-electron chi connectivity index (χ2n) is 5.11. The molecule has 2 saturated heterocycles. The topological polar surface area (TPSA) is 34.1 Å². The van der Waals surface area contributed by atoms with Crippen molar-refractivity contribution in [3.8, 4) is 5.88 Å². The van der Waals surface area contributed by atoms with Crippen LogP contribution in [-0.2, 0) is 0 Å². The van der Waals surface area contributed by atoms with Crippen LogP contribution in [0.1, 0.15) is 32.1 Å². The third-order valence-corrected chi connectivity index (χ3v) is 4.54. The summed E-state index contributed by atoms with van der Waals surface area (Å²) in [5.41, 5.74) is 0. The van der Waals surface area contributed by atoms with Crippen LogP contribution >= 0.6 is 23.2 Å². The van der Waals surface area contributed by atoms with Crippen LogP contribution in [-0.4, -0.2) is 23.2 Å². The summed E-state index contributed by atoms with van der Waals surface area (Å²) in [5.74, 6) is 0.467. The third kappa shape index (κ3) is 2.58. The number of hydrogen-bond acceptors (Lipinski definition) is 3. The fourth-order valence-electron chi connectivity index (χ4n) is 2.95. The standard InChI is InChI=1S/C13H16Cl2N2O/c14-11-4-5-16-13(12(11)15)18-10-6-8-2-1-3-9(7-10)17-8/h4-5,8-10,17H,1-3,6-7H2. The molecule has 0 spiro atoms. The van der Waals surface area contributed by atoms with E-state index in [1.807, 2.05) is 0 Å². The van der Waals surface area contributed by atoms with Gasteiger partial charge < -0.3 is 10.1 Å². The maximum Gasteiger partial charge on any atom is 0.234 e. The molecule has 3 heterocycles. The zero-order valence-electron chi connectivity index (χ0n) is 10.0. The van der Waals surface area contributed by atoms with E-state index >= 15 is 0 Å². The highest BCUT2D eigenvalue weighted by Crippen LogP contribution is 2.33. The molecule has 0 radical (unpaired) electrons. The number of nitrogens with one attached hydrogen (secondary N) is 1. The summed E-state index contributed by atoms with van der Waals surface area (Å²) in [6.45, 7) is 0. The second-order valence-corrected chi connectivity index (χ2v) is 5.90. The van der Waals surface area contributed by atoms with E-state index in [0.29, 0.717) is 28.0 Å². The van der Waals surface area contributed by atoms with Crippen molar-refractivity contribution in [2.45, 2.75) is 50.3 Å². The number of piperidine rings is 2. The first-order chi connectivity index (χ1) is 8.72. The molecular formula is C13H16Cl2N2O. The van der Waals surface area contributed by atoms with Gasteiger partial charge in [0, 0.05) is 18.3 Å². The molecule has 0 aromatic carbocycles. The van der Waals surface area contributed by atoms with Gasteiger partial charge in [-0.15, -0.1) is 0 Å². The van der Waals surface area contributed by atoms with Crippen molar-refractivity contribution in [1.29, 1.82) is 0 Å². The zero-order chi connectivity index (χ0) is 12.5. The molecule has 1 N–H and O–H groups in total. The maximum atomic E-state index is 6.10. The van der Waals surface area contributed by atoms with E-state index in [1.54, 1.807) is 12.3 Å². The fraction of sp³-hybridized carbons (Fsp3) is 0.615. The van der Waals surface area contributed by atoms with Crippen molar-refractivity contribution < 1.29 is 4.74 Å². The van der Waals surface area contributed by atoms with Crippen LogP contribution in [0.4, 0.5) is 0 Å². The van der Waals surface area contributed by atoms with Crippen LogP contribution in [0.15, 0.2) is 12.3 Å². The molecule has 0 saturated carbocycles. The van der Waals surface area contributed by atoms with Crippen LogP contribution in [0.5, 0.6) is 5.88 Å². The quantitative estimate of drug-likeness (QED) is 0.904. The van der Waals surface area contributed by atoms with Gasteiger partial charge in [-0.3, -0.25) is 0 Å². The van der Waals surface area contributed by atoms with Crippen LogP contribution in [0, 0.1) is 0 Å². The number of rotatable bonds is 2. The largest absolute Gasteiger partial charge is 0.473 e. The molecule has 1 aromatic heterocycles. The van der Waals surface area contributed by atoms with E-state index < -0.39 is 0 Å². The molecule has 2 atom stereocenters. The monoisotopic (exact) mass is 286 g/mol. The first kappa shape index (κ1) is 12.5. The minimum absolute atomic E-state index is 0.199. The Morgan fingerprint density at radius 3 is 2.67 bits per heavy atom. The van der Waals surface area contributed by atoms with Gasteiger partial charge in [-0.2, -0.15) is 0 Å². The van der Waals surface area contributed by atoms with Crippen molar-refractivity contribution in [2.75, 3.05) is 0 Å². The summed E-state index contributed by atoms with van der Waals surface area (Å²) < 4.78 is 5.94. The summed E-state index contributed by atoms with van der Waals surface area (Å²) in [7, 11) is 0. The molecule has 1 aromatic rings. The number of pyridine rings is 1. The number of fused-ring (bicyclic) bond motifs is 2. The Hall–Kier alpha value is -0.510. The summed E-state index contributed by atoms with van der Waals surface area (Å²) in [4.78, 5) is 4.17. The van der Waals surface area contributed by atoms with Gasteiger partial charge in [-0.05, 0) is 31.7 Å². The number of nitrogens with zero attached hydrogens (tertiary/aromatic N) is 1. The van der Waals surface area contributed by atoms with Crippen LogP contribution in [0.3, 0.4) is 0 Å². The fourth-order valence-corrected chi connectivity index (χ4v) is 3.25. The molecule has 5 heteroatoms. The minimum Gasteiger partial charge on any atom is -0.473 e. The van der Waals surface area contributed by atoms with Gasteiger partial charge in [-0.25, -0.2) is 4.98 Å². The van der Waals surface area contributed by atoms with Gasteiger partial charge >= 0.3 is 0 Å². The lowest BCUT2D eigenvalue weighted by atomic mass is 9.85. The average Bonchev–Trinajstić information content (AvgIpc) is 2.35. The van der Waals surface area contributed by atoms with Gasteiger partial charge in [0.05, 0.1) is 5.02 Å². The highest BCUT2D eigenvalue weighted by atomic mass is 35.5. The molecule has 18 heavy (non-hydrogen) atoms. The van der Waals surface area contributed by atoms with E-state index in [4.69, 9.17) is 27.9 Å². The third-order valence-electron chi connectivity index (χ3n) is 3.76. The minimum atomic E-state index is 0.199. The normalized spacial score (nSPS) is 31.1. The molecule has 0 amide bonds. The Morgan fingerprint density at radius 1 is 1.22 bits per heavy atom. The van der Waals surface area contributed by atoms with Crippen LogP contribution < -0.4 is 10.1 Å². The molecule has 2 bridgehead atoms. The van der Waals surface area contributed by atoms with Crippen molar-refractivity contribution in [3.05, 3.63) is 22.3 Å². The molecule has 2 aliphatic heterocycles. The molecule has 3 rings (SSSR count). The summed E-state index contributed by atoms with van der Waals surface area (Å²) in [5, 5.41) is 4.55. The SMILES string of the molecule is Clc1ccnc(OC2CC3CCCC(C2)N3)c1Cl. The molecule has 98 valence electrons. The lowest BCUT2D eigenvalue weighted by Crippen LogP contribution is -2.51. The lowest BCUT2D eigenvalue weighted by molar-refractivity contribution is 0.0890. The van der Waals surface area contributed by atoms with Crippen LogP contribution in [0.25, 0.3) is 0 Å². The second kappa shape index (κ2) is 5.24. The van der Waals surface area contributed by atoms with E-state index in [9.17, 15) is 0 Å². The Morgan fingerprint density at radius 2 is 1.94 bits per heavy atom. The number of hydrogen-bond donors (Lipinski definition) is 1. The zero-order valence-corrected chi connectivity index (χ0v) is 11.5. The lowest BCUT2D eigenvalue weighted by Gasteiger charge is -2.40. The summed E-state index contributed by atoms with van der Waals surface area (Å²) >= 11 is 12.1. The first-order valence-corrected chi connectivity index (χ1v) is 7.20. The molecule has 2 fully saturated rings. The smallest absolute Gasteiger partial charge is 0.234 e. The van der Waals surface area contributed by atoms with Gasteiger partial charge in [-0.1, -0.05) is 29.6 Å². The molecule has 0 aliphatic carbocycles. The molecule has 2 unspecified atom stereocenters. The highest BCUT2D eigenvalue weighted by molar-refractivity contribution is 6.42. The average molecular weight is 287 g/mol. The Labute approximate surface area is 117 Å². The van der Waals surface area contributed by atoms with Crippen LogP contribution in [0.2, 0.25) is 10.0 Å². The van der Waals surface area contributed by atoms with Crippen molar-refractivity contribution in [1.82, 2.24) is 10.3 Å². The summed E-state index contributed by atoms with van der Waals surface area (Å²) in [6.07, 6.45) is 7.70. The van der Waals surface area contributed by atoms with E-state index in [2.05, 4.69) is 10.3 Å². The Bertz CT molecular complexity index is 429.